The van der Waals surface area contributed by atoms with E-state index in [9.17, 15) is 10.1 Å². The molecule has 5 nitrogen and oxygen atoms in total. The number of nitrogens with zero attached hydrogens (tertiary/aromatic N) is 3. The van der Waals surface area contributed by atoms with E-state index in [0.29, 0.717) is 5.69 Å². The number of benzene rings is 2. The number of hydrogen-bond donors (Lipinski definition) is 0. The highest BCUT2D eigenvalue weighted by molar-refractivity contribution is 5.70. The van der Waals surface area contributed by atoms with E-state index < -0.39 is 4.92 Å². The predicted molar refractivity (Wildman–Crippen MR) is 72.3 cm³/mol. The summed E-state index contributed by atoms with van der Waals surface area (Å²) in [5.74, 6) is 0. The average Bonchev–Trinajstić information content (AvgIpc) is 2.46. The van der Waals surface area contributed by atoms with Crippen LogP contribution in [0.25, 0.3) is 0 Å². The van der Waals surface area contributed by atoms with Gasteiger partial charge in [0.05, 0.1) is 16.2 Å². The molecule has 5 heteroatoms. The third-order valence-electron chi connectivity index (χ3n) is 2.82. The van der Waals surface area contributed by atoms with E-state index in [2.05, 4.69) is 0 Å². The summed E-state index contributed by atoms with van der Waals surface area (Å²) in [4.78, 5) is 12.0. The summed E-state index contributed by atoms with van der Waals surface area (Å²) in [7, 11) is 1.82. The van der Waals surface area contributed by atoms with Crippen LogP contribution in [-0.4, -0.2) is 12.0 Å². The van der Waals surface area contributed by atoms with Crippen molar-refractivity contribution in [3.8, 4) is 6.07 Å². The van der Waals surface area contributed by atoms with Crippen LogP contribution in [0.5, 0.6) is 0 Å². The second-order valence-corrected chi connectivity index (χ2v) is 3.96. The molecule has 0 unspecified atom stereocenters. The number of rotatable bonds is 3. The molecule has 0 atom stereocenters. The first-order valence-corrected chi connectivity index (χ1v) is 5.61. The maximum atomic E-state index is 10.7. The average molecular weight is 253 g/mol. The molecule has 0 amide bonds. The summed E-state index contributed by atoms with van der Waals surface area (Å²) in [5, 5.41) is 19.8. The Hall–Kier alpha value is -2.87. The van der Waals surface area contributed by atoms with Gasteiger partial charge in [-0.05, 0) is 18.2 Å². The van der Waals surface area contributed by atoms with Crippen LogP contribution in [-0.2, 0) is 0 Å². The van der Waals surface area contributed by atoms with Gasteiger partial charge >= 0.3 is 0 Å². The molecule has 0 saturated carbocycles. The van der Waals surface area contributed by atoms with Crippen molar-refractivity contribution in [1.82, 2.24) is 0 Å². The fourth-order valence-corrected chi connectivity index (χ4v) is 1.81. The van der Waals surface area contributed by atoms with Gasteiger partial charge in [-0.3, -0.25) is 10.1 Å². The Balaban J connectivity index is 2.46. The molecule has 2 aromatic rings. The first-order valence-electron chi connectivity index (χ1n) is 5.61. The Morgan fingerprint density at radius 3 is 2.47 bits per heavy atom. The lowest BCUT2D eigenvalue weighted by atomic mass is 10.1. The van der Waals surface area contributed by atoms with Crippen LogP contribution in [0.1, 0.15) is 5.56 Å². The van der Waals surface area contributed by atoms with Crippen molar-refractivity contribution >= 4 is 17.1 Å². The zero-order chi connectivity index (χ0) is 13.8. The highest BCUT2D eigenvalue weighted by Gasteiger charge is 2.14. The maximum Gasteiger partial charge on any atom is 0.270 e. The number of nitro benzene ring substituents is 1. The van der Waals surface area contributed by atoms with E-state index in [1.807, 2.05) is 48.3 Å². The molecule has 0 heterocycles. The molecule has 2 aromatic carbocycles. The van der Waals surface area contributed by atoms with Crippen LogP contribution < -0.4 is 4.90 Å². The van der Waals surface area contributed by atoms with Crippen molar-refractivity contribution in [1.29, 1.82) is 5.26 Å². The van der Waals surface area contributed by atoms with E-state index in [0.717, 1.165) is 5.69 Å². The Morgan fingerprint density at radius 2 is 1.89 bits per heavy atom. The Labute approximate surface area is 110 Å². The van der Waals surface area contributed by atoms with Gasteiger partial charge in [-0.2, -0.15) is 5.26 Å². The van der Waals surface area contributed by atoms with E-state index in [4.69, 9.17) is 5.26 Å². The van der Waals surface area contributed by atoms with Crippen molar-refractivity contribution in [2.75, 3.05) is 11.9 Å². The van der Waals surface area contributed by atoms with Crippen molar-refractivity contribution < 1.29 is 4.92 Å². The molecular formula is C14H11N3O2. The molecule has 2 rings (SSSR count). The summed E-state index contributed by atoms with van der Waals surface area (Å²) in [6.45, 7) is 0. The molecule has 0 radical (unpaired) electrons. The standard InChI is InChI=1S/C14H11N3O2/c1-16(12-5-3-2-4-6-12)14-8-7-13(17(18)19)9-11(14)10-15/h2-9H,1H3. The van der Waals surface area contributed by atoms with Gasteiger partial charge in [-0.1, -0.05) is 18.2 Å². The van der Waals surface area contributed by atoms with Gasteiger partial charge in [0.25, 0.3) is 5.69 Å². The maximum absolute atomic E-state index is 10.7. The minimum absolute atomic E-state index is 0.0817. The van der Waals surface area contributed by atoms with E-state index in [-0.39, 0.29) is 11.3 Å². The van der Waals surface area contributed by atoms with Gasteiger partial charge in [0.2, 0.25) is 0 Å². The van der Waals surface area contributed by atoms with Gasteiger partial charge in [0.15, 0.2) is 0 Å². The molecule has 19 heavy (non-hydrogen) atoms. The summed E-state index contributed by atoms with van der Waals surface area (Å²) in [5.41, 5.74) is 1.74. The summed E-state index contributed by atoms with van der Waals surface area (Å²) < 4.78 is 0. The minimum atomic E-state index is -0.507. The van der Waals surface area contributed by atoms with Crippen LogP contribution in [0, 0.1) is 21.4 Å². The highest BCUT2D eigenvalue weighted by Crippen LogP contribution is 2.29. The van der Waals surface area contributed by atoms with E-state index >= 15 is 0 Å². The number of para-hydroxylation sites is 1. The van der Waals surface area contributed by atoms with Crippen molar-refractivity contribution in [3.63, 3.8) is 0 Å². The molecule has 0 aliphatic carbocycles. The lowest BCUT2D eigenvalue weighted by molar-refractivity contribution is -0.384. The molecule has 0 bridgehead atoms. The van der Waals surface area contributed by atoms with Crippen molar-refractivity contribution in [3.05, 3.63) is 64.2 Å². The zero-order valence-corrected chi connectivity index (χ0v) is 10.3. The predicted octanol–water partition coefficient (Wildman–Crippen LogP) is 3.23. The third kappa shape index (κ3) is 2.53. The fourth-order valence-electron chi connectivity index (χ4n) is 1.81. The molecule has 0 aliphatic rings. The fraction of sp³-hybridized carbons (Fsp3) is 0.0714. The molecule has 0 fully saturated rings. The highest BCUT2D eigenvalue weighted by atomic mass is 16.6. The molecule has 0 N–H and O–H groups in total. The number of nitro groups is 1. The Bertz CT molecular complexity index is 647. The van der Waals surface area contributed by atoms with Gasteiger partial charge in [0.1, 0.15) is 6.07 Å². The first-order chi connectivity index (χ1) is 9.13. The molecular weight excluding hydrogens is 242 g/mol. The zero-order valence-electron chi connectivity index (χ0n) is 10.3. The minimum Gasteiger partial charge on any atom is -0.344 e. The second-order valence-electron chi connectivity index (χ2n) is 3.96. The van der Waals surface area contributed by atoms with Crippen molar-refractivity contribution in [2.24, 2.45) is 0 Å². The normalized spacial score (nSPS) is 9.68. The molecule has 0 aromatic heterocycles. The molecule has 94 valence electrons. The van der Waals surface area contributed by atoms with Crippen LogP contribution in [0.2, 0.25) is 0 Å². The Morgan fingerprint density at radius 1 is 1.21 bits per heavy atom. The molecule has 0 aliphatic heterocycles. The lowest BCUT2D eigenvalue weighted by Gasteiger charge is -2.20. The quantitative estimate of drug-likeness (QED) is 0.622. The van der Waals surface area contributed by atoms with Gasteiger partial charge in [-0.15, -0.1) is 0 Å². The van der Waals surface area contributed by atoms with E-state index in [1.54, 1.807) is 6.07 Å². The number of non-ortho nitro benzene ring substituents is 1. The summed E-state index contributed by atoms with van der Waals surface area (Å²) in [6.07, 6.45) is 0. The topological polar surface area (TPSA) is 70.2 Å². The van der Waals surface area contributed by atoms with Crippen LogP contribution in [0.3, 0.4) is 0 Å². The number of hydrogen-bond acceptors (Lipinski definition) is 4. The van der Waals surface area contributed by atoms with Crippen LogP contribution >= 0.6 is 0 Å². The number of nitriles is 1. The van der Waals surface area contributed by atoms with Gasteiger partial charge < -0.3 is 4.90 Å². The van der Waals surface area contributed by atoms with E-state index in [1.165, 1.54) is 12.1 Å². The summed E-state index contributed by atoms with van der Waals surface area (Å²) >= 11 is 0. The summed E-state index contributed by atoms with van der Waals surface area (Å²) in [6, 6.07) is 15.8. The van der Waals surface area contributed by atoms with Crippen molar-refractivity contribution in [2.45, 2.75) is 0 Å². The second kappa shape index (κ2) is 5.19. The molecule has 0 saturated heterocycles. The number of anilines is 2. The monoisotopic (exact) mass is 253 g/mol. The third-order valence-corrected chi connectivity index (χ3v) is 2.82. The van der Waals surface area contributed by atoms with Crippen LogP contribution in [0.4, 0.5) is 17.1 Å². The largest absolute Gasteiger partial charge is 0.344 e. The SMILES string of the molecule is CN(c1ccccc1)c1ccc([N+](=O)[O-])cc1C#N. The van der Waals surface area contributed by atoms with Crippen LogP contribution in [0.15, 0.2) is 48.5 Å². The Kier molecular flexibility index (Phi) is 3.44. The molecule has 0 spiro atoms. The van der Waals surface area contributed by atoms with Gasteiger partial charge in [0, 0.05) is 24.9 Å². The van der Waals surface area contributed by atoms with Gasteiger partial charge in [-0.25, -0.2) is 0 Å². The first kappa shape index (κ1) is 12.6. The lowest BCUT2D eigenvalue weighted by Crippen LogP contribution is -2.11. The smallest absolute Gasteiger partial charge is 0.270 e.